The second kappa shape index (κ2) is 5.92. The monoisotopic (exact) mass is 382 g/mol. The van der Waals surface area contributed by atoms with Crippen molar-refractivity contribution in [3.8, 4) is 0 Å². The number of aliphatic hydroxyl groups is 2. The molecule has 152 valence electrons. The zero-order valence-corrected chi connectivity index (χ0v) is 17.3. The summed E-state index contributed by atoms with van der Waals surface area (Å²) in [5, 5.41) is 24.1. The molecule has 0 spiro atoms. The van der Waals surface area contributed by atoms with Crippen LogP contribution in [0.25, 0.3) is 0 Å². The van der Waals surface area contributed by atoms with E-state index in [9.17, 15) is 15.0 Å². The Labute approximate surface area is 168 Å². The summed E-state index contributed by atoms with van der Waals surface area (Å²) in [5.41, 5.74) is -1.18. The van der Waals surface area contributed by atoms with Gasteiger partial charge in [-0.1, -0.05) is 44.2 Å². The van der Waals surface area contributed by atoms with Crippen molar-refractivity contribution >= 4 is 5.78 Å². The number of carbonyl (C=O) groups is 1. The molecule has 4 fully saturated rings. The molecule has 1 aromatic carbocycles. The number of hydrogen-bond acceptors (Lipinski definition) is 3. The topological polar surface area (TPSA) is 57.5 Å². The van der Waals surface area contributed by atoms with Gasteiger partial charge in [-0.3, -0.25) is 4.79 Å². The van der Waals surface area contributed by atoms with E-state index in [1.165, 1.54) is 0 Å². The molecule has 5 rings (SSSR count). The Balaban J connectivity index is 1.53. The lowest BCUT2D eigenvalue weighted by molar-refractivity contribution is -0.235. The van der Waals surface area contributed by atoms with E-state index in [2.05, 4.69) is 13.8 Å². The lowest BCUT2D eigenvalue weighted by Gasteiger charge is -2.64. The smallest absolute Gasteiger partial charge is 0.133 e. The van der Waals surface area contributed by atoms with Crippen molar-refractivity contribution in [3.63, 3.8) is 0 Å². The molecule has 7 atom stereocenters. The fraction of sp³-hybridized carbons (Fsp3) is 0.720. The number of ketones is 1. The molecule has 0 aromatic heterocycles. The van der Waals surface area contributed by atoms with Gasteiger partial charge in [-0.2, -0.15) is 0 Å². The van der Waals surface area contributed by atoms with Gasteiger partial charge in [0.2, 0.25) is 0 Å². The summed E-state index contributed by atoms with van der Waals surface area (Å²) in [6.07, 6.45) is 7.69. The minimum Gasteiger partial charge on any atom is -0.389 e. The predicted molar refractivity (Wildman–Crippen MR) is 109 cm³/mol. The average molecular weight is 383 g/mol. The molecule has 1 aromatic rings. The lowest BCUT2D eigenvalue weighted by atomic mass is 9.43. The van der Waals surface area contributed by atoms with Gasteiger partial charge in [0.1, 0.15) is 5.78 Å². The number of hydrogen-bond donors (Lipinski definition) is 2. The molecule has 0 aliphatic heterocycles. The molecule has 0 heterocycles. The van der Waals surface area contributed by atoms with E-state index in [1.807, 2.05) is 30.3 Å². The van der Waals surface area contributed by atoms with E-state index in [-0.39, 0.29) is 11.3 Å². The molecular formula is C25H34O3. The molecule has 3 heteroatoms. The first-order chi connectivity index (χ1) is 13.2. The van der Waals surface area contributed by atoms with Crippen molar-refractivity contribution in [1.82, 2.24) is 0 Å². The summed E-state index contributed by atoms with van der Waals surface area (Å²) < 4.78 is 0. The van der Waals surface area contributed by atoms with Gasteiger partial charge >= 0.3 is 0 Å². The van der Waals surface area contributed by atoms with E-state index in [1.54, 1.807) is 0 Å². The van der Waals surface area contributed by atoms with Crippen LogP contribution in [-0.4, -0.2) is 21.6 Å². The standard InChI is InChI=1S/C25H34O3/c1-22-12-10-19(26)16-18(22)8-9-21-20(22)11-13-23(2)24(27,14-15-25(21,23)28)17-6-4-3-5-7-17/h3-7,18,20-21,27-28H,8-16H2,1-2H3/t18-,20+,21-,22+,23-,24+,25+/m1/s1. The summed E-state index contributed by atoms with van der Waals surface area (Å²) in [7, 11) is 0. The predicted octanol–water partition coefficient (Wildman–Crippen LogP) is 4.60. The van der Waals surface area contributed by atoms with Crippen LogP contribution in [0.2, 0.25) is 0 Å². The minimum absolute atomic E-state index is 0.168. The van der Waals surface area contributed by atoms with Crippen LogP contribution in [0.5, 0.6) is 0 Å². The third-order valence-electron chi connectivity index (χ3n) is 10.1. The second-order valence-corrected chi connectivity index (χ2v) is 10.8. The number of carbonyl (C=O) groups excluding carboxylic acids is 1. The zero-order chi connectivity index (χ0) is 19.8. The van der Waals surface area contributed by atoms with E-state index in [4.69, 9.17) is 0 Å². The minimum atomic E-state index is -0.964. The van der Waals surface area contributed by atoms with Crippen LogP contribution in [0, 0.1) is 28.6 Å². The van der Waals surface area contributed by atoms with Crippen molar-refractivity contribution in [1.29, 1.82) is 0 Å². The van der Waals surface area contributed by atoms with Crippen molar-refractivity contribution in [2.24, 2.45) is 28.6 Å². The molecule has 0 unspecified atom stereocenters. The Morgan fingerprint density at radius 2 is 1.64 bits per heavy atom. The molecule has 3 nitrogen and oxygen atoms in total. The first-order valence-corrected chi connectivity index (χ1v) is 11.3. The van der Waals surface area contributed by atoms with Crippen LogP contribution >= 0.6 is 0 Å². The maximum atomic E-state index is 12.2. The van der Waals surface area contributed by atoms with Crippen molar-refractivity contribution in [2.45, 2.75) is 82.8 Å². The van der Waals surface area contributed by atoms with Crippen LogP contribution in [0.15, 0.2) is 30.3 Å². The zero-order valence-electron chi connectivity index (χ0n) is 17.3. The van der Waals surface area contributed by atoms with E-state index < -0.39 is 16.6 Å². The first kappa shape index (κ1) is 18.8. The molecule has 28 heavy (non-hydrogen) atoms. The molecule has 0 bridgehead atoms. The molecule has 0 radical (unpaired) electrons. The summed E-state index contributed by atoms with van der Waals surface area (Å²) in [6, 6.07) is 10.0. The van der Waals surface area contributed by atoms with Crippen LogP contribution < -0.4 is 0 Å². The van der Waals surface area contributed by atoms with Gasteiger partial charge in [0.15, 0.2) is 0 Å². The lowest BCUT2D eigenvalue weighted by Crippen LogP contribution is -2.64. The molecule has 4 saturated carbocycles. The van der Waals surface area contributed by atoms with Crippen molar-refractivity contribution in [3.05, 3.63) is 35.9 Å². The fourth-order valence-electron chi connectivity index (χ4n) is 8.21. The average Bonchev–Trinajstić information content (AvgIpc) is 2.91. The molecule has 4 aliphatic rings. The van der Waals surface area contributed by atoms with Crippen molar-refractivity contribution < 1.29 is 15.0 Å². The van der Waals surface area contributed by atoms with E-state index in [0.29, 0.717) is 36.9 Å². The number of rotatable bonds is 1. The van der Waals surface area contributed by atoms with E-state index >= 15 is 0 Å². The molecule has 0 amide bonds. The SMILES string of the molecule is C[C@]12CCC(=O)C[C@H]1CC[C@@H]1[C@@H]2CC[C@]2(C)[C@@](O)(c3ccccc3)CC[C@]12O. The van der Waals surface area contributed by atoms with Crippen LogP contribution in [-0.2, 0) is 10.4 Å². The van der Waals surface area contributed by atoms with Gasteiger partial charge in [0.25, 0.3) is 0 Å². The Morgan fingerprint density at radius 3 is 2.39 bits per heavy atom. The van der Waals surface area contributed by atoms with Crippen LogP contribution in [0.3, 0.4) is 0 Å². The highest BCUT2D eigenvalue weighted by Gasteiger charge is 2.71. The highest BCUT2D eigenvalue weighted by molar-refractivity contribution is 5.79. The van der Waals surface area contributed by atoms with Gasteiger partial charge in [-0.05, 0) is 73.7 Å². The largest absolute Gasteiger partial charge is 0.389 e. The molecule has 0 saturated heterocycles. The number of benzene rings is 1. The highest BCUT2D eigenvalue weighted by atomic mass is 16.3. The Hall–Kier alpha value is -1.19. The second-order valence-electron chi connectivity index (χ2n) is 10.8. The first-order valence-electron chi connectivity index (χ1n) is 11.3. The van der Waals surface area contributed by atoms with Gasteiger partial charge in [0, 0.05) is 18.3 Å². The summed E-state index contributed by atoms with van der Waals surface area (Å²) in [6.45, 7) is 4.54. The summed E-state index contributed by atoms with van der Waals surface area (Å²) in [4.78, 5) is 12.1. The third kappa shape index (κ3) is 2.15. The quantitative estimate of drug-likeness (QED) is 0.746. The molecule has 2 N–H and O–H groups in total. The normalized spacial score (nSPS) is 50.6. The van der Waals surface area contributed by atoms with Crippen LogP contribution in [0.1, 0.15) is 77.2 Å². The Kier molecular flexibility index (Phi) is 3.98. The fourth-order valence-corrected chi connectivity index (χ4v) is 8.21. The van der Waals surface area contributed by atoms with E-state index in [0.717, 1.165) is 44.1 Å². The maximum absolute atomic E-state index is 12.2. The van der Waals surface area contributed by atoms with Gasteiger partial charge in [0.05, 0.1) is 11.2 Å². The third-order valence-corrected chi connectivity index (χ3v) is 10.1. The van der Waals surface area contributed by atoms with Gasteiger partial charge < -0.3 is 10.2 Å². The number of fused-ring (bicyclic) bond motifs is 5. The van der Waals surface area contributed by atoms with Crippen LogP contribution in [0.4, 0.5) is 0 Å². The number of Topliss-reactive ketones (excluding diaryl/α,β-unsaturated/α-hetero) is 1. The Morgan fingerprint density at radius 1 is 0.893 bits per heavy atom. The van der Waals surface area contributed by atoms with Gasteiger partial charge in [-0.15, -0.1) is 0 Å². The molecular weight excluding hydrogens is 348 g/mol. The van der Waals surface area contributed by atoms with Crippen molar-refractivity contribution in [2.75, 3.05) is 0 Å². The molecule has 4 aliphatic carbocycles. The summed E-state index contributed by atoms with van der Waals surface area (Å²) >= 11 is 0. The Bertz CT molecular complexity index is 790. The maximum Gasteiger partial charge on any atom is 0.133 e. The highest BCUT2D eigenvalue weighted by Crippen LogP contribution is 2.71. The van der Waals surface area contributed by atoms with Gasteiger partial charge in [-0.25, -0.2) is 0 Å². The summed E-state index contributed by atoms with van der Waals surface area (Å²) in [5.74, 6) is 1.62.